The Morgan fingerprint density at radius 1 is 1.24 bits per heavy atom. The van der Waals surface area contributed by atoms with Gasteiger partial charge in [0.25, 0.3) is 0 Å². The fourth-order valence-corrected chi connectivity index (χ4v) is 1.88. The second kappa shape index (κ2) is 7.28. The van der Waals surface area contributed by atoms with Crippen molar-refractivity contribution in [2.24, 2.45) is 0 Å². The minimum atomic E-state index is 0.817. The summed E-state index contributed by atoms with van der Waals surface area (Å²) >= 11 is 0. The minimum Gasteiger partial charge on any atom is -0.378 e. The molecule has 3 heteroatoms. The van der Waals surface area contributed by atoms with Gasteiger partial charge >= 0.3 is 0 Å². The van der Waals surface area contributed by atoms with Crippen molar-refractivity contribution < 1.29 is 4.74 Å². The van der Waals surface area contributed by atoms with Gasteiger partial charge in [0.15, 0.2) is 0 Å². The minimum absolute atomic E-state index is 0.817. The lowest BCUT2D eigenvalue weighted by Gasteiger charge is -2.28. The van der Waals surface area contributed by atoms with E-state index in [0.717, 1.165) is 44.2 Å². The van der Waals surface area contributed by atoms with Crippen LogP contribution in [0.2, 0.25) is 0 Å². The molecule has 0 spiro atoms. The van der Waals surface area contributed by atoms with Crippen LogP contribution in [0.1, 0.15) is 32.0 Å². The molecule has 0 amide bonds. The maximum atomic E-state index is 5.34. The van der Waals surface area contributed by atoms with Gasteiger partial charge in [-0.15, -0.1) is 0 Å². The van der Waals surface area contributed by atoms with Crippen molar-refractivity contribution in [3.63, 3.8) is 0 Å². The lowest BCUT2D eigenvalue weighted by atomic mass is 10.2. The molecule has 96 valence electrons. The Balaban J connectivity index is 0.000000686. The van der Waals surface area contributed by atoms with Crippen molar-refractivity contribution in [2.45, 2.75) is 34.1 Å². The number of aryl methyl sites for hydroxylation is 2. The third-order valence-corrected chi connectivity index (χ3v) is 2.74. The Labute approximate surface area is 105 Å². The van der Waals surface area contributed by atoms with Gasteiger partial charge in [0.2, 0.25) is 0 Å². The molecule has 17 heavy (non-hydrogen) atoms. The van der Waals surface area contributed by atoms with E-state index in [1.54, 1.807) is 0 Å². The van der Waals surface area contributed by atoms with Crippen LogP contribution in [0, 0.1) is 6.92 Å². The fourth-order valence-electron chi connectivity index (χ4n) is 1.88. The predicted octanol–water partition coefficient (Wildman–Crippen LogP) is 2.82. The zero-order valence-electron chi connectivity index (χ0n) is 11.5. The maximum Gasteiger partial charge on any atom is 0.129 e. The van der Waals surface area contributed by atoms with Crippen LogP contribution < -0.4 is 4.90 Å². The summed E-state index contributed by atoms with van der Waals surface area (Å²) in [5.41, 5.74) is 2.47. The largest absolute Gasteiger partial charge is 0.378 e. The van der Waals surface area contributed by atoms with Gasteiger partial charge in [-0.25, -0.2) is 4.98 Å². The van der Waals surface area contributed by atoms with Crippen molar-refractivity contribution in [3.8, 4) is 0 Å². The molecule has 0 saturated carbocycles. The number of aromatic nitrogens is 1. The summed E-state index contributed by atoms with van der Waals surface area (Å²) in [6.07, 6.45) is 1.07. The summed E-state index contributed by atoms with van der Waals surface area (Å²) in [5, 5.41) is 0. The molecule has 1 aliphatic heterocycles. The second-order valence-corrected chi connectivity index (χ2v) is 3.93. The highest BCUT2D eigenvalue weighted by Crippen LogP contribution is 2.16. The fraction of sp³-hybridized carbons (Fsp3) is 0.643. The Morgan fingerprint density at radius 3 is 2.47 bits per heavy atom. The SMILES string of the molecule is CC.CCc1cc(C)nc(N2CCOCC2)c1. The van der Waals surface area contributed by atoms with Crippen molar-refractivity contribution in [1.82, 2.24) is 4.98 Å². The monoisotopic (exact) mass is 236 g/mol. The van der Waals surface area contributed by atoms with Gasteiger partial charge in [-0.1, -0.05) is 20.8 Å². The number of pyridine rings is 1. The molecule has 2 rings (SSSR count). The Bertz CT molecular complexity index is 333. The van der Waals surface area contributed by atoms with Gasteiger partial charge in [-0.05, 0) is 31.0 Å². The van der Waals surface area contributed by atoms with Crippen LogP contribution >= 0.6 is 0 Å². The lowest BCUT2D eigenvalue weighted by molar-refractivity contribution is 0.122. The van der Waals surface area contributed by atoms with Gasteiger partial charge in [-0.2, -0.15) is 0 Å². The summed E-state index contributed by atoms with van der Waals surface area (Å²) in [6.45, 7) is 11.8. The Hall–Kier alpha value is -1.09. The summed E-state index contributed by atoms with van der Waals surface area (Å²) in [4.78, 5) is 6.88. The summed E-state index contributed by atoms with van der Waals surface area (Å²) in [5.74, 6) is 1.11. The van der Waals surface area contributed by atoms with E-state index in [4.69, 9.17) is 4.74 Å². The van der Waals surface area contributed by atoms with E-state index >= 15 is 0 Å². The normalized spacial score (nSPS) is 15.2. The average Bonchev–Trinajstić information content (AvgIpc) is 2.41. The van der Waals surface area contributed by atoms with Gasteiger partial charge in [0.1, 0.15) is 5.82 Å². The Kier molecular flexibility index (Phi) is 5.98. The van der Waals surface area contributed by atoms with Crippen LogP contribution in [0.3, 0.4) is 0 Å². The molecule has 0 aliphatic carbocycles. The first-order valence-corrected chi connectivity index (χ1v) is 6.60. The highest BCUT2D eigenvalue weighted by atomic mass is 16.5. The van der Waals surface area contributed by atoms with Crippen LogP contribution in [-0.2, 0) is 11.2 Å². The smallest absolute Gasteiger partial charge is 0.129 e. The predicted molar refractivity (Wildman–Crippen MR) is 72.7 cm³/mol. The van der Waals surface area contributed by atoms with Crippen LogP contribution in [-0.4, -0.2) is 31.3 Å². The second-order valence-electron chi connectivity index (χ2n) is 3.93. The third kappa shape index (κ3) is 4.00. The first-order valence-electron chi connectivity index (χ1n) is 6.60. The van der Waals surface area contributed by atoms with Crippen molar-refractivity contribution in [3.05, 3.63) is 23.4 Å². The molecule has 3 nitrogen and oxygen atoms in total. The van der Waals surface area contributed by atoms with E-state index in [0.29, 0.717) is 0 Å². The van der Waals surface area contributed by atoms with Crippen molar-refractivity contribution in [2.75, 3.05) is 31.2 Å². The lowest BCUT2D eigenvalue weighted by Crippen LogP contribution is -2.36. The zero-order chi connectivity index (χ0) is 12.7. The quantitative estimate of drug-likeness (QED) is 0.789. The molecule has 0 bridgehead atoms. The third-order valence-electron chi connectivity index (χ3n) is 2.74. The summed E-state index contributed by atoms with van der Waals surface area (Å²) < 4.78 is 5.34. The highest BCUT2D eigenvalue weighted by molar-refractivity contribution is 5.43. The van der Waals surface area contributed by atoms with Crippen LogP contribution in [0.25, 0.3) is 0 Å². The molecule has 0 atom stereocenters. The van der Waals surface area contributed by atoms with Crippen LogP contribution in [0.15, 0.2) is 12.1 Å². The van der Waals surface area contributed by atoms with E-state index in [9.17, 15) is 0 Å². The van der Waals surface area contributed by atoms with E-state index < -0.39 is 0 Å². The molecule has 0 aromatic carbocycles. The molecule has 2 heterocycles. The first-order chi connectivity index (χ1) is 8.29. The van der Waals surface area contributed by atoms with E-state index in [1.807, 2.05) is 13.8 Å². The Morgan fingerprint density at radius 2 is 1.88 bits per heavy atom. The number of rotatable bonds is 2. The van der Waals surface area contributed by atoms with E-state index in [2.05, 4.69) is 35.9 Å². The zero-order valence-corrected chi connectivity index (χ0v) is 11.5. The number of anilines is 1. The molecule has 1 aromatic heterocycles. The van der Waals surface area contributed by atoms with Crippen LogP contribution in [0.5, 0.6) is 0 Å². The molecule has 0 N–H and O–H groups in total. The van der Waals surface area contributed by atoms with Crippen molar-refractivity contribution in [1.29, 1.82) is 0 Å². The molecule has 1 aromatic rings. The van der Waals surface area contributed by atoms with Gasteiger partial charge in [0, 0.05) is 18.8 Å². The summed E-state index contributed by atoms with van der Waals surface area (Å²) in [7, 11) is 0. The standard InChI is InChI=1S/C12H18N2O.C2H6/c1-3-11-8-10(2)13-12(9-11)14-4-6-15-7-5-14;1-2/h8-9H,3-7H2,1-2H3;1-2H3. The van der Waals surface area contributed by atoms with Gasteiger partial charge < -0.3 is 9.64 Å². The van der Waals surface area contributed by atoms with Gasteiger partial charge in [0.05, 0.1) is 13.2 Å². The van der Waals surface area contributed by atoms with E-state index in [-0.39, 0.29) is 0 Å². The molecular weight excluding hydrogens is 212 g/mol. The number of hydrogen-bond donors (Lipinski definition) is 0. The maximum absolute atomic E-state index is 5.34. The summed E-state index contributed by atoms with van der Waals surface area (Å²) in [6, 6.07) is 4.35. The first kappa shape index (κ1) is 14.0. The molecule has 1 aliphatic rings. The topological polar surface area (TPSA) is 25.4 Å². The molecule has 1 fully saturated rings. The number of nitrogens with zero attached hydrogens (tertiary/aromatic N) is 2. The molecular formula is C14H24N2O. The highest BCUT2D eigenvalue weighted by Gasteiger charge is 2.12. The number of morpholine rings is 1. The van der Waals surface area contributed by atoms with E-state index in [1.165, 1.54) is 5.56 Å². The number of hydrogen-bond acceptors (Lipinski definition) is 3. The molecule has 0 unspecified atom stereocenters. The van der Waals surface area contributed by atoms with Gasteiger partial charge in [-0.3, -0.25) is 0 Å². The number of ether oxygens (including phenoxy) is 1. The van der Waals surface area contributed by atoms with Crippen molar-refractivity contribution >= 4 is 5.82 Å². The van der Waals surface area contributed by atoms with Crippen LogP contribution in [0.4, 0.5) is 5.82 Å². The molecule has 0 radical (unpaired) electrons. The molecule has 1 saturated heterocycles. The average molecular weight is 236 g/mol.